The Labute approximate surface area is 155 Å². The lowest BCUT2D eigenvalue weighted by Crippen LogP contribution is -2.29. The number of carbonyl (C=O) groups excluding carboxylic acids is 1. The Morgan fingerprint density at radius 1 is 1.32 bits per heavy atom. The molecule has 1 unspecified atom stereocenters. The number of hydrogen-bond donors (Lipinski definition) is 2. The van der Waals surface area contributed by atoms with E-state index in [0.717, 1.165) is 33.6 Å². The van der Waals surface area contributed by atoms with Crippen LogP contribution in [-0.2, 0) is 0 Å². The third-order valence-corrected chi connectivity index (χ3v) is 5.01. The van der Waals surface area contributed by atoms with Crippen LogP contribution in [0.2, 0.25) is 0 Å². The number of hydrogen-bond acceptors (Lipinski definition) is 4. The Morgan fingerprint density at radius 3 is 2.68 bits per heavy atom. The molecule has 134 valence electrons. The molecule has 1 aromatic carbocycles. The van der Waals surface area contributed by atoms with E-state index in [1.54, 1.807) is 0 Å². The molecule has 1 aliphatic heterocycles. The Morgan fingerprint density at radius 2 is 2.04 bits per heavy atom. The van der Waals surface area contributed by atoms with Gasteiger partial charge in [0, 0.05) is 0 Å². The smallest absolute Gasteiger partial charge is 0.273 e. The van der Waals surface area contributed by atoms with Crippen molar-refractivity contribution in [2.75, 3.05) is 13.2 Å². The maximum Gasteiger partial charge on any atom is 0.273 e. The van der Waals surface area contributed by atoms with Crippen LogP contribution in [0.3, 0.4) is 0 Å². The number of carbonyl (C=O) groups is 1. The second-order valence-electron chi connectivity index (χ2n) is 6.29. The van der Waals surface area contributed by atoms with E-state index in [1.807, 2.05) is 39.0 Å². The maximum atomic E-state index is 12.7. The van der Waals surface area contributed by atoms with E-state index in [4.69, 9.17) is 9.47 Å². The summed E-state index contributed by atoms with van der Waals surface area (Å²) in [6, 6.07) is 5.65. The Hall–Kier alpha value is -2.02. The van der Waals surface area contributed by atoms with Crippen LogP contribution in [0.15, 0.2) is 22.7 Å². The lowest BCUT2D eigenvalue weighted by Gasteiger charge is -2.22. The van der Waals surface area contributed by atoms with Gasteiger partial charge in [-0.05, 0) is 46.0 Å². The predicted molar refractivity (Wildman–Crippen MR) is 98.3 cm³/mol. The van der Waals surface area contributed by atoms with E-state index in [9.17, 15) is 4.79 Å². The number of H-pyrrole nitrogens is 1. The van der Waals surface area contributed by atoms with Gasteiger partial charge in [-0.25, -0.2) is 0 Å². The topological polar surface area (TPSA) is 76.2 Å². The fourth-order valence-corrected chi connectivity index (χ4v) is 3.61. The number of rotatable bonds is 5. The fourth-order valence-electron chi connectivity index (χ4n) is 2.80. The maximum absolute atomic E-state index is 12.7. The second-order valence-corrected chi connectivity index (χ2v) is 7.08. The van der Waals surface area contributed by atoms with E-state index in [0.29, 0.717) is 18.9 Å². The monoisotopic (exact) mass is 407 g/mol. The number of aromatic amines is 1. The van der Waals surface area contributed by atoms with Gasteiger partial charge in [-0.1, -0.05) is 26.8 Å². The third-order valence-electron chi connectivity index (χ3n) is 4.21. The van der Waals surface area contributed by atoms with Crippen molar-refractivity contribution in [1.82, 2.24) is 15.5 Å². The molecule has 0 saturated carbocycles. The van der Waals surface area contributed by atoms with Gasteiger partial charge < -0.3 is 14.8 Å². The lowest BCUT2D eigenvalue weighted by atomic mass is 10.0. The third kappa shape index (κ3) is 3.66. The molecule has 3 rings (SSSR count). The highest BCUT2D eigenvalue weighted by atomic mass is 79.9. The molecule has 25 heavy (non-hydrogen) atoms. The standard InChI is InChI=1S/C18H22BrN3O3/c1-4-12(11-5-6-13-14(9-11)25-8-7-24-13)20-18(23)17-15(19)16(10(2)3)21-22-17/h5-6,9-10,12H,4,7-8H2,1-3H3,(H,20,23)(H,21,22). The average molecular weight is 408 g/mol. The van der Waals surface area contributed by atoms with Gasteiger partial charge in [0.25, 0.3) is 5.91 Å². The van der Waals surface area contributed by atoms with Crippen LogP contribution in [0.25, 0.3) is 0 Å². The van der Waals surface area contributed by atoms with Crippen LogP contribution in [0.1, 0.15) is 60.9 Å². The highest BCUT2D eigenvalue weighted by Crippen LogP contribution is 2.33. The number of ether oxygens (including phenoxy) is 2. The van der Waals surface area contributed by atoms with Gasteiger partial charge in [-0.3, -0.25) is 9.89 Å². The molecule has 2 heterocycles. The van der Waals surface area contributed by atoms with Crippen molar-refractivity contribution in [2.24, 2.45) is 0 Å². The van der Waals surface area contributed by atoms with Crippen molar-refractivity contribution in [2.45, 2.75) is 39.2 Å². The predicted octanol–water partition coefficient (Wildman–Crippen LogP) is 3.95. The minimum atomic E-state index is -0.211. The lowest BCUT2D eigenvalue weighted by molar-refractivity contribution is 0.0929. The minimum absolute atomic E-state index is 0.130. The molecule has 0 fully saturated rings. The molecule has 1 atom stereocenters. The van der Waals surface area contributed by atoms with E-state index in [-0.39, 0.29) is 17.9 Å². The average Bonchev–Trinajstić information content (AvgIpc) is 3.01. The van der Waals surface area contributed by atoms with Crippen molar-refractivity contribution < 1.29 is 14.3 Å². The zero-order valence-corrected chi connectivity index (χ0v) is 16.1. The van der Waals surface area contributed by atoms with Crippen molar-refractivity contribution in [3.8, 4) is 11.5 Å². The van der Waals surface area contributed by atoms with Crippen LogP contribution in [0.5, 0.6) is 11.5 Å². The van der Waals surface area contributed by atoms with Crippen LogP contribution in [0, 0.1) is 0 Å². The zero-order chi connectivity index (χ0) is 18.0. The number of nitrogens with zero attached hydrogens (tertiary/aromatic N) is 1. The van der Waals surface area contributed by atoms with Gasteiger partial charge >= 0.3 is 0 Å². The number of amides is 1. The van der Waals surface area contributed by atoms with Gasteiger partial charge in [-0.2, -0.15) is 5.10 Å². The van der Waals surface area contributed by atoms with E-state index >= 15 is 0 Å². The first-order valence-corrected chi connectivity index (χ1v) is 9.24. The number of halogens is 1. The van der Waals surface area contributed by atoms with E-state index in [2.05, 4.69) is 31.4 Å². The molecule has 0 spiro atoms. The Bertz CT molecular complexity index is 773. The Kier molecular flexibility index (Phi) is 5.32. The summed E-state index contributed by atoms with van der Waals surface area (Å²) in [4.78, 5) is 12.7. The van der Waals surface area contributed by atoms with Crippen molar-refractivity contribution in [3.63, 3.8) is 0 Å². The molecule has 0 aliphatic carbocycles. The highest BCUT2D eigenvalue weighted by molar-refractivity contribution is 9.10. The van der Waals surface area contributed by atoms with Crippen LogP contribution >= 0.6 is 15.9 Å². The van der Waals surface area contributed by atoms with Crippen LogP contribution in [0.4, 0.5) is 0 Å². The summed E-state index contributed by atoms with van der Waals surface area (Å²) in [7, 11) is 0. The SMILES string of the molecule is CCC(NC(=O)c1n[nH]c(C(C)C)c1Br)c1ccc2c(c1)OCCO2. The minimum Gasteiger partial charge on any atom is -0.486 e. The molecule has 6 nitrogen and oxygen atoms in total. The van der Waals surface area contributed by atoms with Gasteiger partial charge in [0.05, 0.1) is 16.2 Å². The number of nitrogens with one attached hydrogen (secondary N) is 2. The first kappa shape index (κ1) is 17.8. The quantitative estimate of drug-likeness (QED) is 0.786. The Balaban J connectivity index is 1.79. The largest absolute Gasteiger partial charge is 0.486 e. The molecule has 1 aromatic heterocycles. The van der Waals surface area contributed by atoms with Crippen molar-refractivity contribution >= 4 is 21.8 Å². The summed E-state index contributed by atoms with van der Waals surface area (Å²) in [6.07, 6.45) is 0.754. The molecule has 0 saturated heterocycles. The van der Waals surface area contributed by atoms with Gasteiger partial charge in [0.1, 0.15) is 13.2 Å². The van der Waals surface area contributed by atoms with E-state index in [1.165, 1.54) is 0 Å². The molecule has 2 aromatic rings. The van der Waals surface area contributed by atoms with Crippen molar-refractivity contribution in [1.29, 1.82) is 0 Å². The summed E-state index contributed by atoms with van der Waals surface area (Å²) < 4.78 is 11.9. The normalized spacial score (nSPS) is 14.4. The molecule has 7 heteroatoms. The number of benzene rings is 1. The first-order valence-electron chi connectivity index (χ1n) is 8.45. The molecule has 0 radical (unpaired) electrons. The summed E-state index contributed by atoms with van der Waals surface area (Å²) in [6.45, 7) is 7.22. The van der Waals surface area contributed by atoms with Crippen LogP contribution in [-0.4, -0.2) is 29.3 Å². The molecule has 2 N–H and O–H groups in total. The van der Waals surface area contributed by atoms with Gasteiger partial charge in [0.2, 0.25) is 0 Å². The summed E-state index contributed by atoms with van der Waals surface area (Å²) in [5.74, 6) is 1.51. The zero-order valence-electron chi connectivity index (χ0n) is 14.6. The summed E-state index contributed by atoms with van der Waals surface area (Å²) >= 11 is 3.48. The van der Waals surface area contributed by atoms with Crippen LogP contribution < -0.4 is 14.8 Å². The molecular formula is C18H22BrN3O3. The summed E-state index contributed by atoms with van der Waals surface area (Å²) in [5, 5.41) is 10.1. The second kappa shape index (κ2) is 7.47. The number of fused-ring (bicyclic) bond motifs is 1. The number of aromatic nitrogens is 2. The fraction of sp³-hybridized carbons (Fsp3) is 0.444. The molecular weight excluding hydrogens is 386 g/mol. The summed E-state index contributed by atoms with van der Waals surface area (Å²) in [5.41, 5.74) is 2.27. The van der Waals surface area contributed by atoms with E-state index < -0.39 is 0 Å². The van der Waals surface area contributed by atoms with Gasteiger partial charge in [-0.15, -0.1) is 0 Å². The van der Waals surface area contributed by atoms with Crippen molar-refractivity contribution in [3.05, 3.63) is 39.6 Å². The van der Waals surface area contributed by atoms with Gasteiger partial charge in [0.15, 0.2) is 17.2 Å². The molecule has 1 amide bonds. The molecule has 0 bridgehead atoms. The highest BCUT2D eigenvalue weighted by Gasteiger charge is 2.23. The first-order chi connectivity index (χ1) is 12.0. The molecule has 1 aliphatic rings.